The standard InChI is InChI=1S/C29H29F3N6O4/c1-28(2,3)42-27(40)34-22-14-29(31,32)20-13-21(30)19(24-35-36-26(41-24)37-10-4-5-11-37)12-23(20)38(25(22)39)16-18-8-6-17(15-33)7-9-18/h6-9,12-13,22H,4-5,10-11,14,16H2,1-3H3,(H,34,40). The van der Waals surface area contributed by atoms with Gasteiger partial charge in [-0.05, 0) is 63.4 Å². The quantitative estimate of drug-likeness (QED) is 0.432. The summed E-state index contributed by atoms with van der Waals surface area (Å²) in [5, 5.41) is 19.3. The molecule has 3 aromatic rings. The van der Waals surface area contributed by atoms with Crippen LogP contribution in [0.2, 0.25) is 0 Å². The number of hydrogen-bond donors (Lipinski definition) is 1. The molecule has 220 valence electrons. The van der Waals surface area contributed by atoms with Gasteiger partial charge in [0.15, 0.2) is 0 Å². The number of fused-ring (bicyclic) bond motifs is 1. The van der Waals surface area contributed by atoms with Crippen molar-refractivity contribution in [3.05, 3.63) is 58.9 Å². The Morgan fingerprint density at radius 1 is 1.19 bits per heavy atom. The van der Waals surface area contributed by atoms with Crippen LogP contribution >= 0.6 is 0 Å². The lowest BCUT2D eigenvalue weighted by Gasteiger charge is -2.27. The summed E-state index contributed by atoms with van der Waals surface area (Å²) in [6, 6.07) is 8.46. The third kappa shape index (κ3) is 6.02. The molecule has 1 aromatic heterocycles. The van der Waals surface area contributed by atoms with Crippen LogP contribution in [-0.4, -0.2) is 46.9 Å². The predicted octanol–water partition coefficient (Wildman–Crippen LogP) is 5.27. The number of halogens is 3. The number of hydrogen-bond acceptors (Lipinski definition) is 8. The van der Waals surface area contributed by atoms with Crippen molar-refractivity contribution in [2.45, 2.75) is 64.1 Å². The molecule has 1 unspecified atom stereocenters. The number of benzene rings is 2. The van der Waals surface area contributed by atoms with Gasteiger partial charge in [-0.3, -0.25) is 4.79 Å². The summed E-state index contributed by atoms with van der Waals surface area (Å²) in [5.41, 5.74) is -1.33. The molecule has 1 atom stereocenters. The van der Waals surface area contributed by atoms with E-state index in [0.717, 1.165) is 23.8 Å². The van der Waals surface area contributed by atoms with E-state index in [2.05, 4.69) is 15.5 Å². The summed E-state index contributed by atoms with van der Waals surface area (Å²) in [5.74, 6) is -5.84. The SMILES string of the molecule is CC(C)(C)OC(=O)NC1CC(F)(F)c2cc(F)c(-c3nnc(N4CCCC4)o3)cc2N(Cc2ccc(C#N)cc2)C1=O. The number of nitrogens with one attached hydrogen (secondary N) is 1. The first-order valence-electron chi connectivity index (χ1n) is 13.5. The van der Waals surface area contributed by atoms with Crippen molar-refractivity contribution in [1.82, 2.24) is 15.5 Å². The predicted molar refractivity (Wildman–Crippen MR) is 145 cm³/mol. The van der Waals surface area contributed by atoms with Crippen molar-refractivity contribution in [1.29, 1.82) is 5.26 Å². The Labute approximate surface area is 240 Å². The molecule has 0 bridgehead atoms. The number of nitrogens with zero attached hydrogens (tertiary/aromatic N) is 5. The second kappa shape index (κ2) is 11.0. The van der Waals surface area contributed by atoms with Crippen LogP contribution < -0.4 is 15.1 Å². The largest absolute Gasteiger partial charge is 0.444 e. The van der Waals surface area contributed by atoms with Crippen molar-refractivity contribution in [2.24, 2.45) is 0 Å². The van der Waals surface area contributed by atoms with Gasteiger partial charge in [0, 0.05) is 25.1 Å². The van der Waals surface area contributed by atoms with E-state index in [1.165, 1.54) is 12.1 Å². The van der Waals surface area contributed by atoms with Gasteiger partial charge in [-0.2, -0.15) is 5.26 Å². The van der Waals surface area contributed by atoms with E-state index in [-0.39, 0.29) is 29.7 Å². The zero-order valence-electron chi connectivity index (χ0n) is 23.3. The average Bonchev–Trinajstić information content (AvgIpc) is 3.61. The minimum absolute atomic E-state index is 0.189. The summed E-state index contributed by atoms with van der Waals surface area (Å²) in [4.78, 5) is 29.3. The molecule has 1 fully saturated rings. The molecule has 0 saturated carbocycles. The van der Waals surface area contributed by atoms with Crippen molar-refractivity contribution in [3.63, 3.8) is 0 Å². The normalized spacial score (nSPS) is 18.3. The number of carbonyl (C=O) groups excluding carboxylic acids is 2. The van der Waals surface area contributed by atoms with Crippen LogP contribution in [0.3, 0.4) is 0 Å². The highest BCUT2D eigenvalue weighted by Crippen LogP contribution is 2.45. The maximum absolute atomic E-state index is 15.8. The Morgan fingerprint density at radius 3 is 2.52 bits per heavy atom. The molecule has 0 radical (unpaired) electrons. The first kappa shape index (κ1) is 28.9. The molecule has 0 aliphatic carbocycles. The van der Waals surface area contributed by atoms with E-state index in [4.69, 9.17) is 14.4 Å². The Kier molecular flexibility index (Phi) is 7.57. The maximum atomic E-state index is 15.8. The fourth-order valence-corrected chi connectivity index (χ4v) is 4.96. The van der Waals surface area contributed by atoms with Gasteiger partial charge < -0.3 is 24.3 Å². The minimum Gasteiger partial charge on any atom is -0.444 e. The molecule has 2 aliphatic rings. The van der Waals surface area contributed by atoms with E-state index in [9.17, 15) is 9.59 Å². The molecular formula is C29H29F3N6O4. The number of amides is 2. The molecule has 2 aromatic carbocycles. The number of aromatic nitrogens is 2. The van der Waals surface area contributed by atoms with Gasteiger partial charge in [0.2, 0.25) is 5.91 Å². The number of rotatable bonds is 5. The molecule has 42 heavy (non-hydrogen) atoms. The topological polar surface area (TPSA) is 125 Å². The lowest BCUT2D eigenvalue weighted by Crippen LogP contribution is -2.49. The molecule has 10 nitrogen and oxygen atoms in total. The number of alkyl halides is 2. The van der Waals surface area contributed by atoms with Crippen LogP contribution in [0.1, 0.15) is 56.7 Å². The highest BCUT2D eigenvalue weighted by Gasteiger charge is 2.47. The Balaban J connectivity index is 1.58. The summed E-state index contributed by atoms with van der Waals surface area (Å²) >= 11 is 0. The minimum atomic E-state index is -3.72. The highest BCUT2D eigenvalue weighted by atomic mass is 19.3. The van der Waals surface area contributed by atoms with Crippen LogP contribution in [0.15, 0.2) is 40.8 Å². The van der Waals surface area contributed by atoms with E-state index in [0.29, 0.717) is 30.3 Å². The van der Waals surface area contributed by atoms with E-state index in [1.807, 2.05) is 11.0 Å². The van der Waals surface area contributed by atoms with Gasteiger partial charge >= 0.3 is 12.1 Å². The van der Waals surface area contributed by atoms with Crippen LogP contribution in [0.25, 0.3) is 11.5 Å². The van der Waals surface area contributed by atoms with Crippen LogP contribution in [0.4, 0.5) is 29.7 Å². The first-order chi connectivity index (χ1) is 19.8. The summed E-state index contributed by atoms with van der Waals surface area (Å²) in [6.07, 6.45) is -0.302. The van der Waals surface area contributed by atoms with Gasteiger partial charge in [0.05, 0.1) is 29.4 Å². The van der Waals surface area contributed by atoms with Crippen LogP contribution in [0, 0.1) is 17.1 Å². The smallest absolute Gasteiger partial charge is 0.408 e. The molecule has 0 spiro atoms. The molecule has 5 rings (SSSR count). The van der Waals surface area contributed by atoms with Crippen molar-refractivity contribution in [3.8, 4) is 17.5 Å². The zero-order chi connectivity index (χ0) is 30.2. The zero-order valence-corrected chi connectivity index (χ0v) is 23.3. The second-order valence-electron chi connectivity index (χ2n) is 11.3. The summed E-state index contributed by atoms with van der Waals surface area (Å²) in [6.45, 7) is 5.97. The highest BCUT2D eigenvalue weighted by molar-refractivity contribution is 6.00. The average molecular weight is 583 g/mol. The lowest BCUT2D eigenvalue weighted by atomic mass is 9.99. The maximum Gasteiger partial charge on any atom is 0.408 e. The summed E-state index contributed by atoms with van der Waals surface area (Å²) in [7, 11) is 0. The number of nitriles is 1. The molecule has 2 amide bonds. The van der Waals surface area contributed by atoms with Gasteiger partial charge in [-0.25, -0.2) is 18.0 Å². The third-order valence-electron chi connectivity index (χ3n) is 6.93. The van der Waals surface area contributed by atoms with E-state index < -0.39 is 47.4 Å². The van der Waals surface area contributed by atoms with Crippen LogP contribution in [0.5, 0.6) is 0 Å². The third-order valence-corrected chi connectivity index (χ3v) is 6.93. The number of alkyl carbamates (subject to hydrolysis) is 1. The number of ether oxygens (including phenoxy) is 1. The molecule has 1 saturated heterocycles. The van der Waals surface area contributed by atoms with Crippen molar-refractivity contribution >= 4 is 23.7 Å². The van der Waals surface area contributed by atoms with Crippen molar-refractivity contribution in [2.75, 3.05) is 22.9 Å². The molecule has 13 heteroatoms. The van der Waals surface area contributed by atoms with Gasteiger partial charge in [0.1, 0.15) is 17.5 Å². The molecular weight excluding hydrogens is 553 g/mol. The molecule has 2 aliphatic heterocycles. The fourth-order valence-electron chi connectivity index (χ4n) is 4.96. The summed E-state index contributed by atoms with van der Waals surface area (Å²) < 4.78 is 57.9. The van der Waals surface area contributed by atoms with Crippen molar-refractivity contribution < 1.29 is 31.9 Å². The van der Waals surface area contributed by atoms with E-state index in [1.54, 1.807) is 32.9 Å². The van der Waals surface area contributed by atoms with Gasteiger partial charge in [-0.1, -0.05) is 17.2 Å². The Hall–Kier alpha value is -4.60. The monoisotopic (exact) mass is 582 g/mol. The van der Waals surface area contributed by atoms with Gasteiger partial charge in [0.25, 0.3) is 11.8 Å². The van der Waals surface area contributed by atoms with Gasteiger partial charge in [-0.15, -0.1) is 5.10 Å². The lowest BCUT2D eigenvalue weighted by molar-refractivity contribution is -0.123. The molecule has 1 N–H and O–H groups in total. The van der Waals surface area contributed by atoms with Crippen LogP contribution in [-0.2, 0) is 22.0 Å². The first-order valence-corrected chi connectivity index (χ1v) is 13.5. The van der Waals surface area contributed by atoms with E-state index >= 15 is 13.2 Å². The second-order valence-corrected chi connectivity index (χ2v) is 11.3. The fraction of sp³-hybridized carbons (Fsp3) is 0.414. The number of carbonyl (C=O) groups is 2. The Morgan fingerprint density at radius 2 is 1.88 bits per heavy atom. The molecule has 3 heterocycles. The number of anilines is 2. The Bertz CT molecular complexity index is 1540.